The number of allylic oxidation sites excluding steroid dienone is 1. The first-order valence-electron chi connectivity index (χ1n) is 3.33. The van der Waals surface area contributed by atoms with Crippen LogP contribution in [0.5, 0.6) is 0 Å². The van der Waals surface area contributed by atoms with Gasteiger partial charge in [0.05, 0.1) is 10.8 Å². The highest BCUT2D eigenvalue weighted by Gasteiger charge is 2.10. The van der Waals surface area contributed by atoms with E-state index in [1.165, 1.54) is 0 Å². The summed E-state index contributed by atoms with van der Waals surface area (Å²) in [7, 11) is -0.900. The van der Waals surface area contributed by atoms with Crippen molar-refractivity contribution >= 4 is 17.0 Å². The fourth-order valence-corrected chi connectivity index (χ4v) is 1.41. The van der Waals surface area contributed by atoms with Crippen LogP contribution >= 0.6 is 0 Å². The summed E-state index contributed by atoms with van der Waals surface area (Å²) in [4.78, 5) is 4.02. The van der Waals surface area contributed by atoms with Gasteiger partial charge in [0, 0.05) is 18.4 Å². The lowest BCUT2D eigenvalue weighted by atomic mass is 10.1. The average Bonchev–Trinajstić information content (AvgIpc) is 2.34. The number of hydrogen-bond donors (Lipinski definition) is 0. The molecule has 2 unspecified atom stereocenters. The first kappa shape index (κ1) is 7.66. The molecule has 0 spiro atoms. The van der Waals surface area contributed by atoms with Gasteiger partial charge in [0.15, 0.2) is 0 Å². The largest absolute Gasteiger partial charge is 0.253 e. The van der Waals surface area contributed by atoms with Crippen LogP contribution in [0.15, 0.2) is 16.1 Å². The van der Waals surface area contributed by atoms with E-state index in [9.17, 15) is 4.21 Å². The Morgan fingerprint density at radius 2 is 2.50 bits per heavy atom. The van der Waals surface area contributed by atoms with E-state index < -0.39 is 10.8 Å². The van der Waals surface area contributed by atoms with Crippen LogP contribution < -0.4 is 0 Å². The van der Waals surface area contributed by atoms with Crippen LogP contribution in [-0.4, -0.2) is 16.7 Å². The Balaban J connectivity index is 2.68. The van der Waals surface area contributed by atoms with E-state index in [1.54, 1.807) is 6.26 Å². The molecule has 0 radical (unpaired) electrons. The van der Waals surface area contributed by atoms with Crippen LogP contribution in [0, 0.1) is 5.92 Å². The van der Waals surface area contributed by atoms with Crippen molar-refractivity contribution in [3.05, 3.63) is 11.1 Å². The van der Waals surface area contributed by atoms with E-state index in [4.69, 9.17) is 0 Å². The molecule has 0 bridgehead atoms. The van der Waals surface area contributed by atoms with Crippen LogP contribution in [0.1, 0.15) is 13.3 Å². The van der Waals surface area contributed by atoms with Crippen molar-refractivity contribution in [3.63, 3.8) is 0 Å². The second kappa shape index (κ2) is 3.10. The van der Waals surface area contributed by atoms with Gasteiger partial charge in [-0.1, -0.05) is 6.92 Å². The topological polar surface area (TPSA) is 29.4 Å². The molecule has 0 aromatic heterocycles. The fraction of sp³-hybridized carbons (Fsp3) is 0.571. The van der Waals surface area contributed by atoms with Crippen LogP contribution in [0.3, 0.4) is 0 Å². The molecule has 1 rings (SSSR count). The molecule has 0 amide bonds. The number of hydrogen-bond acceptors (Lipinski definition) is 2. The Hall–Kier alpha value is -0.440. The van der Waals surface area contributed by atoms with Gasteiger partial charge in [-0.2, -0.15) is 0 Å². The summed E-state index contributed by atoms with van der Waals surface area (Å²) in [5, 5.41) is 0.729. The first-order chi connectivity index (χ1) is 4.74. The van der Waals surface area contributed by atoms with Crippen LogP contribution in [0.2, 0.25) is 0 Å². The highest BCUT2D eigenvalue weighted by Crippen LogP contribution is 2.15. The molecule has 0 saturated carbocycles. The average molecular weight is 157 g/mol. The van der Waals surface area contributed by atoms with Crippen molar-refractivity contribution in [3.8, 4) is 0 Å². The summed E-state index contributed by atoms with van der Waals surface area (Å²) in [6.07, 6.45) is 6.53. The zero-order valence-electron chi connectivity index (χ0n) is 6.20. The van der Waals surface area contributed by atoms with Crippen molar-refractivity contribution in [2.45, 2.75) is 13.3 Å². The number of aliphatic imine (C=N–C) groups is 1. The van der Waals surface area contributed by atoms with Gasteiger partial charge in [0.2, 0.25) is 0 Å². The molecule has 0 aromatic rings. The third-order valence-corrected chi connectivity index (χ3v) is 2.35. The number of nitrogens with zero attached hydrogens (tertiary/aromatic N) is 1. The molecule has 0 aromatic carbocycles. The fourth-order valence-electron chi connectivity index (χ4n) is 0.832. The smallest absolute Gasteiger partial charge is 0.123 e. The monoisotopic (exact) mass is 157 g/mol. The van der Waals surface area contributed by atoms with Gasteiger partial charge in [-0.05, 0) is 12.5 Å². The third kappa shape index (κ3) is 1.53. The Labute approximate surface area is 63.5 Å². The van der Waals surface area contributed by atoms with Crippen molar-refractivity contribution in [2.75, 3.05) is 6.26 Å². The molecule has 0 N–H and O–H groups in total. The van der Waals surface area contributed by atoms with E-state index in [-0.39, 0.29) is 0 Å². The molecule has 1 heterocycles. The molecule has 3 heteroatoms. The minimum atomic E-state index is -0.900. The van der Waals surface area contributed by atoms with Gasteiger partial charge in [0.25, 0.3) is 0 Å². The van der Waals surface area contributed by atoms with Gasteiger partial charge in [-0.3, -0.25) is 9.20 Å². The summed E-state index contributed by atoms with van der Waals surface area (Å²) < 4.78 is 10.8. The van der Waals surface area contributed by atoms with Crippen molar-refractivity contribution in [1.82, 2.24) is 0 Å². The van der Waals surface area contributed by atoms with Crippen molar-refractivity contribution in [2.24, 2.45) is 10.9 Å². The summed E-state index contributed by atoms with van der Waals surface area (Å²) in [5.41, 5.74) is 0. The van der Waals surface area contributed by atoms with E-state index >= 15 is 0 Å². The first-order valence-corrected chi connectivity index (χ1v) is 4.89. The summed E-state index contributed by atoms with van der Waals surface area (Å²) in [6.45, 7) is 2.09. The Morgan fingerprint density at radius 1 is 1.80 bits per heavy atom. The minimum absolute atomic E-state index is 0.416. The highest BCUT2D eigenvalue weighted by molar-refractivity contribution is 7.88. The van der Waals surface area contributed by atoms with E-state index in [1.807, 2.05) is 12.3 Å². The SMILES string of the molecule is CCC1C=NC(S(C)=O)=C1. The summed E-state index contributed by atoms with van der Waals surface area (Å²) in [5.74, 6) is 0.416. The zero-order chi connectivity index (χ0) is 7.56. The molecule has 0 saturated heterocycles. The molecule has 2 atom stereocenters. The molecule has 2 nitrogen and oxygen atoms in total. The highest BCUT2D eigenvalue weighted by atomic mass is 32.2. The second-order valence-electron chi connectivity index (χ2n) is 2.31. The maximum absolute atomic E-state index is 10.8. The van der Waals surface area contributed by atoms with Gasteiger partial charge in [-0.15, -0.1) is 0 Å². The van der Waals surface area contributed by atoms with Crippen LogP contribution in [0.25, 0.3) is 0 Å². The molecule has 10 heavy (non-hydrogen) atoms. The van der Waals surface area contributed by atoms with Crippen molar-refractivity contribution in [1.29, 1.82) is 0 Å². The Bertz CT molecular complexity index is 208. The molecule has 1 aliphatic rings. The van der Waals surface area contributed by atoms with Crippen molar-refractivity contribution < 1.29 is 4.21 Å². The standard InChI is InChI=1S/C7H11NOS/c1-3-6-4-7(8-5-6)10(2)9/h4-6H,3H2,1-2H3. The molecule has 0 fully saturated rings. The van der Waals surface area contributed by atoms with E-state index in [0.29, 0.717) is 5.92 Å². The van der Waals surface area contributed by atoms with Gasteiger partial charge in [0.1, 0.15) is 5.03 Å². The molecular weight excluding hydrogens is 146 g/mol. The zero-order valence-corrected chi connectivity index (χ0v) is 7.02. The lowest BCUT2D eigenvalue weighted by Crippen LogP contribution is -1.90. The Morgan fingerprint density at radius 3 is 2.80 bits per heavy atom. The lowest BCUT2D eigenvalue weighted by Gasteiger charge is -1.93. The van der Waals surface area contributed by atoms with Crippen LogP contribution in [0.4, 0.5) is 0 Å². The minimum Gasteiger partial charge on any atom is -0.253 e. The molecule has 56 valence electrons. The number of rotatable bonds is 2. The predicted molar refractivity (Wildman–Crippen MR) is 44.4 cm³/mol. The maximum atomic E-state index is 10.8. The summed E-state index contributed by atoms with van der Waals surface area (Å²) >= 11 is 0. The van der Waals surface area contributed by atoms with Gasteiger partial charge < -0.3 is 0 Å². The summed E-state index contributed by atoms with van der Waals surface area (Å²) in [6, 6.07) is 0. The third-order valence-electron chi connectivity index (χ3n) is 1.52. The van der Waals surface area contributed by atoms with E-state index in [0.717, 1.165) is 11.4 Å². The Kier molecular flexibility index (Phi) is 2.38. The van der Waals surface area contributed by atoms with Gasteiger partial charge in [-0.25, -0.2) is 0 Å². The van der Waals surface area contributed by atoms with Crippen LogP contribution in [-0.2, 0) is 10.8 Å². The predicted octanol–water partition coefficient (Wildman–Crippen LogP) is 1.32. The quantitative estimate of drug-likeness (QED) is 0.594. The molecule has 1 aliphatic heterocycles. The second-order valence-corrected chi connectivity index (χ2v) is 3.64. The lowest BCUT2D eigenvalue weighted by molar-refractivity contribution is 0.690. The molecular formula is C7H11NOS. The normalized spacial score (nSPS) is 26.6. The maximum Gasteiger partial charge on any atom is 0.123 e. The molecule has 0 aliphatic carbocycles. The van der Waals surface area contributed by atoms with E-state index in [2.05, 4.69) is 11.9 Å². The van der Waals surface area contributed by atoms with Gasteiger partial charge >= 0.3 is 0 Å².